The highest BCUT2D eigenvalue weighted by Gasteiger charge is 2.47. The fraction of sp³-hybridized carbons (Fsp3) is 0.350. The van der Waals surface area contributed by atoms with Gasteiger partial charge in [0.15, 0.2) is 0 Å². The van der Waals surface area contributed by atoms with Gasteiger partial charge in [-0.3, -0.25) is 4.79 Å². The molecule has 1 aliphatic rings. The van der Waals surface area contributed by atoms with E-state index in [1.165, 1.54) is 6.07 Å². The molecule has 1 amide bonds. The zero-order valence-electron chi connectivity index (χ0n) is 13.8. The van der Waals surface area contributed by atoms with Crippen molar-refractivity contribution in [3.05, 3.63) is 59.9 Å². The second-order valence-corrected chi connectivity index (χ2v) is 6.24. The minimum atomic E-state index is -0.747. The second kappa shape index (κ2) is 7.04. The van der Waals surface area contributed by atoms with E-state index in [9.17, 15) is 9.18 Å². The van der Waals surface area contributed by atoms with E-state index in [-0.39, 0.29) is 11.7 Å². The van der Waals surface area contributed by atoms with Gasteiger partial charge >= 0.3 is 0 Å². The Morgan fingerprint density at radius 2 is 1.88 bits per heavy atom. The van der Waals surface area contributed by atoms with Crippen LogP contribution in [-0.4, -0.2) is 12.5 Å². The van der Waals surface area contributed by atoms with Crippen molar-refractivity contribution in [3.8, 4) is 5.75 Å². The molecule has 126 valence electrons. The molecular weight excluding hydrogens is 305 g/mol. The number of benzene rings is 2. The average molecular weight is 327 g/mol. The van der Waals surface area contributed by atoms with E-state index >= 15 is 0 Å². The van der Waals surface area contributed by atoms with Gasteiger partial charge < -0.3 is 10.1 Å². The number of hydrogen-bond donors (Lipinski definition) is 1. The molecule has 0 saturated heterocycles. The first kappa shape index (κ1) is 16.5. The monoisotopic (exact) mass is 327 g/mol. The van der Waals surface area contributed by atoms with E-state index < -0.39 is 5.41 Å². The SMILES string of the molecule is CCCOc1ccc(NC(=O)C2(c3ccccc3F)CCC2)cc1. The highest BCUT2D eigenvalue weighted by Crippen LogP contribution is 2.45. The van der Waals surface area contributed by atoms with Crippen LogP contribution in [0.4, 0.5) is 10.1 Å². The molecule has 1 aliphatic carbocycles. The molecule has 2 aromatic carbocycles. The van der Waals surface area contributed by atoms with Crippen LogP contribution in [0.5, 0.6) is 5.75 Å². The molecule has 0 atom stereocenters. The number of ether oxygens (including phenoxy) is 1. The summed E-state index contributed by atoms with van der Waals surface area (Å²) in [7, 11) is 0. The lowest BCUT2D eigenvalue weighted by Gasteiger charge is -2.40. The topological polar surface area (TPSA) is 38.3 Å². The Kier molecular flexibility index (Phi) is 4.84. The van der Waals surface area contributed by atoms with Gasteiger partial charge in [0.25, 0.3) is 0 Å². The van der Waals surface area contributed by atoms with Gasteiger partial charge in [0.2, 0.25) is 5.91 Å². The van der Waals surface area contributed by atoms with Gasteiger partial charge in [-0.1, -0.05) is 31.5 Å². The molecule has 1 N–H and O–H groups in total. The lowest BCUT2D eigenvalue weighted by Crippen LogP contribution is -2.46. The van der Waals surface area contributed by atoms with Crippen molar-refractivity contribution < 1.29 is 13.9 Å². The summed E-state index contributed by atoms with van der Waals surface area (Å²) >= 11 is 0. The fourth-order valence-electron chi connectivity index (χ4n) is 3.10. The van der Waals surface area contributed by atoms with Crippen LogP contribution >= 0.6 is 0 Å². The van der Waals surface area contributed by atoms with E-state index in [1.807, 2.05) is 24.3 Å². The Hall–Kier alpha value is -2.36. The number of carbonyl (C=O) groups is 1. The van der Waals surface area contributed by atoms with Crippen LogP contribution in [0.2, 0.25) is 0 Å². The lowest BCUT2D eigenvalue weighted by molar-refractivity contribution is -0.124. The standard InChI is InChI=1S/C20H22FNO2/c1-2-14-24-16-10-8-15(9-11-16)22-19(23)20(12-5-13-20)17-6-3-4-7-18(17)21/h3-4,6-11H,2,5,12-14H2,1H3,(H,22,23). The summed E-state index contributed by atoms with van der Waals surface area (Å²) in [6.45, 7) is 2.72. The van der Waals surface area contributed by atoms with Crippen LogP contribution in [0.1, 0.15) is 38.2 Å². The molecule has 0 aromatic heterocycles. The Labute approximate surface area is 141 Å². The van der Waals surface area contributed by atoms with Gasteiger partial charge in [-0.05, 0) is 49.6 Å². The largest absolute Gasteiger partial charge is 0.494 e. The molecule has 0 unspecified atom stereocenters. The quantitative estimate of drug-likeness (QED) is 0.837. The van der Waals surface area contributed by atoms with Crippen molar-refractivity contribution in [2.24, 2.45) is 0 Å². The van der Waals surface area contributed by atoms with Gasteiger partial charge in [0.05, 0.1) is 12.0 Å². The molecule has 0 heterocycles. The summed E-state index contributed by atoms with van der Waals surface area (Å²) < 4.78 is 19.7. The maximum absolute atomic E-state index is 14.2. The Balaban J connectivity index is 1.75. The van der Waals surface area contributed by atoms with Crippen molar-refractivity contribution in [1.82, 2.24) is 0 Å². The zero-order valence-corrected chi connectivity index (χ0v) is 13.8. The van der Waals surface area contributed by atoms with Crippen LogP contribution in [0, 0.1) is 5.82 Å². The zero-order chi connectivity index (χ0) is 17.0. The predicted molar refractivity (Wildman–Crippen MR) is 92.8 cm³/mol. The highest BCUT2D eigenvalue weighted by atomic mass is 19.1. The molecule has 0 spiro atoms. The minimum absolute atomic E-state index is 0.138. The van der Waals surface area contributed by atoms with Crippen LogP contribution < -0.4 is 10.1 Å². The van der Waals surface area contributed by atoms with Crippen LogP contribution in [0.3, 0.4) is 0 Å². The number of hydrogen-bond acceptors (Lipinski definition) is 2. The number of nitrogens with one attached hydrogen (secondary N) is 1. The van der Waals surface area contributed by atoms with Crippen molar-refractivity contribution in [3.63, 3.8) is 0 Å². The molecule has 3 nitrogen and oxygen atoms in total. The Morgan fingerprint density at radius 3 is 2.46 bits per heavy atom. The lowest BCUT2D eigenvalue weighted by atomic mass is 9.63. The molecule has 4 heteroatoms. The van der Waals surface area contributed by atoms with E-state index in [0.717, 1.165) is 18.6 Å². The van der Waals surface area contributed by atoms with Crippen LogP contribution in [0.15, 0.2) is 48.5 Å². The van der Waals surface area contributed by atoms with E-state index in [2.05, 4.69) is 12.2 Å². The normalized spacial score (nSPS) is 15.4. The summed E-state index contributed by atoms with van der Waals surface area (Å²) in [5, 5.41) is 2.93. The van der Waals surface area contributed by atoms with Crippen molar-refractivity contribution >= 4 is 11.6 Å². The molecule has 0 bridgehead atoms. The maximum atomic E-state index is 14.2. The number of amides is 1. The molecule has 3 rings (SSSR count). The first-order valence-corrected chi connectivity index (χ1v) is 8.45. The van der Waals surface area contributed by atoms with Crippen molar-refractivity contribution in [2.75, 3.05) is 11.9 Å². The summed E-state index contributed by atoms with van der Waals surface area (Å²) in [6, 6.07) is 13.9. The summed E-state index contributed by atoms with van der Waals surface area (Å²) in [5.41, 5.74) is 0.450. The number of anilines is 1. The summed E-state index contributed by atoms with van der Waals surface area (Å²) in [4.78, 5) is 12.8. The van der Waals surface area contributed by atoms with Gasteiger partial charge in [-0.2, -0.15) is 0 Å². The van der Waals surface area contributed by atoms with Crippen molar-refractivity contribution in [1.29, 1.82) is 0 Å². The van der Waals surface area contributed by atoms with Gasteiger partial charge in [0, 0.05) is 11.3 Å². The molecule has 1 saturated carbocycles. The number of halogens is 1. The molecule has 2 aromatic rings. The van der Waals surface area contributed by atoms with Crippen LogP contribution in [0.25, 0.3) is 0 Å². The predicted octanol–water partition coefficient (Wildman–Crippen LogP) is 4.67. The Morgan fingerprint density at radius 1 is 1.17 bits per heavy atom. The van der Waals surface area contributed by atoms with E-state index in [4.69, 9.17) is 4.74 Å². The smallest absolute Gasteiger partial charge is 0.235 e. The van der Waals surface area contributed by atoms with Crippen molar-refractivity contribution in [2.45, 2.75) is 38.0 Å². The number of carbonyl (C=O) groups excluding carboxylic acids is 1. The fourth-order valence-corrected chi connectivity index (χ4v) is 3.10. The van der Waals surface area contributed by atoms with Gasteiger partial charge in [-0.25, -0.2) is 4.39 Å². The second-order valence-electron chi connectivity index (χ2n) is 6.24. The van der Waals surface area contributed by atoms with Crippen LogP contribution in [-0.2, 0) is 10.2 Å². The molecule has 24 heavy (non-hydrogen) atoms. The molecule has 0 radical (unpaired) electrons. The summed E-state index contributed by atoms with van der Waals surface area (Å²) in [6.07, 6.45) is 3.24. The Bertz CT molecular complexity index is 708. The first-order chi connectivity index (χ1) is 11.7. The average Bonchev–Trinajstić information content (AvgIpc) is 2.55. The minimum Gasteiger partial charge on any atom is -0.494 e. The molecule has 1 fully saturated rings. The third-order valence-electron chi connectivity index (χ3n) is 4.62. The van der Waals surface area contributed by atoms with E-state index in [0.29, 0.717) is 30.7 Å². The summed E-state index contributed by atoms with van der Waals surface area (Å²) in [5.74, 6) is 0.332. The third kappa shape index (κ3) is 3.14. The number of rotatable bonds is 6. The molecular formula is C20H22FNO2. The van der Waals surface area contributed by atoms with Gasteiger partial charge in [0.1, 0.15) is 11.6 Å². The maximum Gasteiger partial charge on any atom is 0.235 e. The first-order valence-electron chi connectivity index (χ1n) is 8.45. The van der Waals surface area contributed by atoms with Gasteiger partial charge in [-0.15, -0.1) is 0 Å². The van der Waals surface area contributed by atoms with E-state index in [1.54, 1.807) is 18.2 Å². The third-order valence-corrected chi connectivity index (χ3v) is 4.62. The highest BCUT2D eigenvalue weighted by molar-refractivity contribution is 6.00. The molecule has 0 aliphatic heterocycles.